The summed E-state index contributed by atoms with van der Waals surface area (Å²) in [5, 5.41) is 2.36. The van der Waals surface area contributed by atoms with E-state index in [0.29, 0.717) is 26.4 Å². The molecule has 2 aliphatic rings. The summed E-state index contributed by atoms with van der Waals surface area (Å²) in [6.45, 7) is -0.417. The predicted octanol–water partition coefficient (Wildman–Crippen LogP) is 6.26. The first-order chi connectivity index (χ1) is 19.9. The lowest BCUT2D eigenvalue weighted by molar-refractivity contribution is -0.137. The normalized spacial score (nSPS) is 20.0. The molecule has 0 radical (unpaired) electrons. The van der Waals surface area contributed by atoms with Gasteiger partial charge in [0.05, 0.1) is 49.3 Å². The van der Waals surface area contributed by atoms with E-state index in [-0.39, 0.29) is 10.7 Å². The third-order valence-electron chi connectivity index (χ3n) is 6.84. The molecule has 0 spiro atoms. The van der Waals surface area contributed by atoms with Crippen molar-refractivity contribution < 1.29 is 32.0 Å². The third kappa shape index (κ3) is 4.93. The smallest absolute Gasteiger partial charge is 0.416 e. The highest BCUT2D eigenvalue weighted by Gasteiger charge is 2.57. The van der Waals surface area contributed by atoms with Gasteiger partial charge in [0, 0.05) is 5.69 Å². The number of fused-ring (bicyclic) bond motifs is 2. The fourth-order valence-electron chi connectivity index (χ4n) is 5.02. The Morgan fingerprint density at radius 2 is 1.79 bits per heavy atom. The van der Waals surface area contributed by atoms with Gasteiger partial charge in [-0.05, 0) is 48.5 Å². The van der Waals surface area contributed by atoms with E-state index in [1.807, 2.05) is 0 Å². The van der Waals surface area contributed by atoms with E-state index < -0.39 is 58.0 Å². The van der Waals surface area contributed by atoms with Gasteiger partial charge in [0.15, 0.2) is 0 Å². The largest absolute Gasteiger partial charge is 0.469 e. The van der Waals surface area contributed by atoms with Crippen LogP contribution in [0.1, 0.15) is 22.1 Å². The van der Waals surface area contributed by atoms with Crippen LogP contribution in [0.4, 0.5) is 24.5 Å². The third-order valence-corrected chi connectivity index (χ3v) is 10.2. The Morgan fingerprint density at radius 1 is 1.00 bits per heavy atom. The number of furan rings is 1. The lowest BCUT2D eigenvalue weighted by atomic mass is 9.87. The van der Waals surface area contributed by atoms with Crippen molar-refractivity contribution >= 4 is 75.4 Å². The van der Waals surface area contributed by atoms with E-state index in [1.54, 1.807) is 12.1 Å². The van der Waals surface area contributed by atoms with Crippen LogP contribution < -0.4 is 15.1 Å². The van der Waals surface area contributed by atoms with Crippen LogP contribution >= 0.6 is 46.3 Å². The molecular formula is C27H16Cl2F3N3O5S2. The van der Waals surface area contributed by atoms with Crippen molar-refractivity contribution in [2.45, 2.75) is 28.9 Å². The molecule has 2 aliphatic heterocycles. The van der Waals surface area contributed by atoms with Crippen molar-refractivity contribution in [1.82, 2.24) is 4.57 Å². The second kappa shape index (κ2) is 10.6. The minimum Gasteiger partial charge on any atom is -0.469 e. The Kier molecular flexibility index (Phi) is 7.24. The number of aromatic nitrogens is 1. The summed E-state index contributed by atoms with van der Waals surface area (Å²) >= 11 is 13.7. The maximum Gasteiger partial charge on any atom is 0.416 e. The number of benzene rings is 2. The van der Waals surface area contributed by atoms with Crippen molar-refractivity contribution in [3.8, 4) is 0 Å². The molecule has 4 aromatic rings. The Labute approximate surface area is 253 Å². The molecule has 2 unspecified atom stereocenters. The minimum absolute atomic E-state index is 0.213. The molecule has 15 heteroatoms. The molecule has 4 heterocycles. The first-order valence-corrected chi connectivity index (χ1v) is 14.6. The zero-order chi connectivity index (χ0) is 29.9. The average Bonchev–Trinajstić information content (AvgIpc) is 3.63. The average molecular weight is 654 g/mol. The number of carbonyl (C=O) groups is 3. The Morgan fingerprint density at radius 3 is 2.48 bits per heavy atom. The molecule has 0 aliphatic carbocycles. The van der Waals surface area contributed by atoms with Crippen LogP contribution in [0, 0.1) is 5.92 Å². The van der Waals surface area contributed by atoms with Crippen LogP contribution in [0.5, 0.6) is 0 Å². The maximum atomic E-state index is 13.8. The van der Waals surface area contributed by atoms with Crippen LogP contribution in [0.15, 0.2) is 75.1 Å². The number of anilines is 2. The van der Waals surface area contributed by atoms with Crippen LogP contribution in [-0.2, 0) is 27.1 Å². The highest BCUT2D eigenvalue weighted by atomic mass is 35.5. The minimum atomic E-state index is -4.68. The summed E-state index contributed by atoms with van der Waals surface area (Å²) < 4.78 is 47.0. The predicted molar refractivity (Wildman–Crippen MR) is 151 cm³/mol. The lowest BCUT2D eigenvalue weighted by Gasteiger charge is -2.29. The number of amides is 3. The van der Waals surface area contributed by atoms with Gasteiger partial charge in [-0.15, -0.1) is 0 Å². The Hall–Kier alpha value is -3.52. The van der Waals surface area contributed by atoms with Gasteiger partial charge in [0.25, 0.3) is 0 Å². The van der Waals surface area contributed by atoms with Gasteiger partial charge in [-0.3, -0.25) is 23.7 Å². The maximum absolute atomic E-state index is 13.8. The quantitative estimate of drug-likeness (QED) is 0.255. The number of hydrogen-bond donors (Lipinski definition) is 1. The molecule has 6 rings (SSSR count). The summed E-state index contributed by atoms with van der Waals surface area (Å²) in [7, 11) is 0. The summed E-state index contributed by atoms with van der Waals surface area (Å²) in [6, 6.07) is 11.6. The van der Waals surface area contributed by atoms with E-state index in [1.165, 1.54) is 35.1 Å². The Bertz CT molecular complexity index is 1800. The molecule has 42 heavy (non-hydrogen) atoms. The second-order valence-corrected chi connectivity index (χ2v) is 12.4. The zero-order valence-corrected chi connectivity index (χ0v) is 24.0. The standard InChI is InChI=1S/C27H16Cl2F3N3O5S2/c28-15-7-6-13(10-16(15)29)33-18(36)11-34-25-22(42-26(34)39)19(17-5-2-8-40-17)20-21(41-25)24(38)35(23(20)37)14-4-1-3-12(9-14)27(30,31)32/h1-10,19-21H,11H2,(H,33,36)/t19-,20?,21?/m1/s1. The SMILES string of the molecule is O=C(Cn1c2c(sc1=O)[C@H](c1ccco1)C1C(=O)N(c3cccc(C(F)(F)F)c3)C(=O)C1S2)Nc1ccc(Cl)c(Cl)c1. The molecule has 0 saturated carbocycles. The number of imide groups is 1. The number of hydrogen-bond acceptors (Lipinski definition) is 7. The molecule has 2 aromatic carbocycles. The lowest BCUT2D eigenvalue weighted by Crippen LogP contribution is -2.32. The summed E-state index contributed by atoms with van der Waals surface area (Å²) in [4.78, 5) is 54.2. The fourth-order valence-corrected chi connectivity index (χ4v) is 8.08. The number of rotatable bonds is 5. The van der Waals surface area contributed by atoms with Crippen LogP contribution in [0.3, 0.4) is 0 Å². The molecule has 8 nitrogen and oxygen atoms in total. The number of thioether (sulfide) groups is 1. The van der Waals surface area contributed by atoms with Crippen LogP contribution in [-0.4, -0.2) is 27.5 Å². The number of alkyl halides is 3. The molecule has 1 fully saturated rings. The molecule has 3 atom stereocenters. The van der Waals surface area contributed by atoms with E-state index in [2.05, 4.69) is 5.32 Å². The number of nitrogens with zero attached hydrogens (tertiary/aromatic N) is 2. The highest BCUT2D eigenvalue weighted by molar-refractivity contribution is 8.00. The van der Waals surface area contributed by atoms with Gasteiger partial charge in [-0.2, -0.15) is 13.2 Å². The van der Waals surface area contributed by atoms with Gasteiger partial charge >= 0.3 is 11.0 Å². The number of nitrogens with one attached hydrogen (secondary N) is 1. The first kappa shape index (κ1) is 28.6. The topological polar surface area (TPSA) is 102 Å². The molecule has 1 saturated heterocycles. The van der Waals surface area contributed by atoms with Crippen LogP contribution in [0.25, 0.3) is 0 Å². The Balaban J connectivity index is 1.37. The van der Waals surface area contributed by atoms with E-state index in [9.17, 15) is 32.3 Å². The van der Waals surface area contributed by atoms with E-state index >= 15 is 0 Å². The number of halogens is 5. The summed E-state index contributed by atoms with van der Waals surface area (Å²) in [6.07, 6.45) is -3.31. The van der Waals surface area contributed by atoms with Crippen molar-refractivity contribution in [2.24, 2.45) is 5.92 Å². The van der Waals surface area contributed by atoms with Crippen molar-refractivity contribution in [2.75, 3.05) is 10.2 Å². The highest BCUT2D eigenvalue weighted by Crippen LogP contribution is 2.54. The van der Waals surface area contributed by atoms with Gasteiger partial charge in [-0.25, -0.2) is 4.90 Å². The number of carbonyl (C=O) groups excluding carboxylic acids is 3. The van der Waals surface area contributed by atoms with Gasteiger partial charge in [0.1, 0.15) is 17.6 Å². The molecule has 216 valence electrons. The van der Waals surface area contributed by atoms with Crippen molar-refractivity contribution in [1.29, 1.82) is 0 Å². The summed E-state index contributed by atoms with van der Waals surface area (Å²) in [5.74, 6) is -3.66. The molecular weight excluding hydrogens is 638 g/mol. The van der Waals surface area contributed by atoms with Gasteiger partial charge in [-0.1, -0.05) is 52.4 Å². The monoisotopic (exact) mass is 653 g/mol. The van der Waals surface area contributed by atoms with Crippen LogP contribution in [0.2, 0.25) is 10.0 Å². The molecule has 0 bridgehead atoms. The summed E-state index contributed by atoms with van der Waals surface area (Å²) in [5.41, 5.74) is -0.873. The first-order valence-electron chi connectivity index (χ1n) is 12.2. The van der Waals surface area contributed by atoms with Crippen molar-refractivity contribution in [3.05, 3.63) is 96.8 Å². The molecule has 3 amide bonds. The zero-order valence-electron chi connectivity index (χ0n) is 20.9. The van der Waals surface area contributed by atoms with Gasteiger partial charge < -0.3 is 9.73 Å². The van der Waals surface area contributed by atoms with E-state index in [0.717, 1.165) is 46.2 Å². The van der Waals surface area contributed by atoms with Crippen molar-refractivity contribution in [3.63, 3.8) is 0 Å². The molecule has 2 aromatic heterocycles. The second-order valence-electron chi connectivity index (χ2n) is 9.42. The molecule has 1 N–H and O–H groups in total. The van der Waals surface area contributed by atoms with E-state index in [4.69, 9.17) is 27.6 Å². The van der Waals surface area contributed by atoms with Gasteiger partial charge in [0.2, 0.25) is 17.7 Å². The number of thiazole rings is 1. The fraction of sp³-hybridized carbons (Fsp3) is 0.185.